The van der Waals surface area contributed by atoms with E-state index in [0.717, 1.165) is 73.1 Å². The molecule has 3 N–H and O–H groups in total. The highest BCUT2D eigenvalue weighted by Gasteiger charge is 2.24. The number of hydrogen-bond donors (Lipinski definition) is 3. The summed E-state index contributed by atoms with van der Waals surface area (Å²) in [5.74, 6) is -0.112. The van der Waals surface area contributed by atoms with Crippen molar-refractivity contribution in [1.29, 1.82) is 10.5 Å². The van der Waals surface area contributed by atoms with Crippen LogP contribution in [0.25, 0.3) is 22.3 Å². The van der Waals surface area contributed by atoms with Crippen LogP contribution in [-0.2, 0) is 0 Å². The molecule has 3 atom stereocenters. The number of piperidine rings is 1. The van der Waals surface area contributed by atoms with Crippen molar-refractivity contribution >= 4 is 31.2 Å². The summed E-state index contributed by atoms with van der Waals surface area (Å²) in [5, 5.41) is 26.6. The normalized spacial score (nSPS) is 17.9. The van der Waals surface area contributed by atoms with E-state index in [1.807, 2.05) is 128 Å². The van der Waals surface area contributed by atoms with Crippen molar-refractivity contribution in [3.63, 3.8) is 0 Å². The van der Waals surface area contributed by atoms with Crippen LogP contribution in [0.3, 0.4) is 0 Å². The van der Waals surface area contributed by atoms with Crippen molar-refractivity contribution in [1.82, 2.24) is 30.7 Å². The molecule has 0 radical (unpaired) electrons. The van der Waals surface area contributed by atoms with Gasteiger partial charge in [-0.2, -0.15) is 24.0 Å². The first-order valence-corrected chi connectivity index (χ1v) is 21.0. The molecule has 3 aliphatic rings. The van der Waals surface area contributed by atoms with Crippen LogP contribution in [0.2, 0.25) is 0 Å². The summed E-state index contributed by atoms with van der Waals surface area (Å²) in [7, 11) is 2.10. The van der Waals surface area contributed by atoms with Gasteiger partial charge in [0, 0.05) is 67.5 Å². The maximum atomic E-state index is 12.3. The Morgan fingerprint density at radius 2 is 0.855 bits per heavy atom. The van der Waals surface area contributed by atoms with Crippen molar-refractivity contribution in [2.45, 2.75) is 50.7 Å². The number of nitrogens with one attached hydrogen (secondary N) is 3. The molecule has 0 aromatic heterocycles. The molecule has 5 aromatic carbocycles. The van der Waals surface area contributed by atoms with Gasteiger partial charge in [-0.25, -0.2) is 0 Å². The molecule has 3 fully saturated rings. The van der Waals surface area contributed by atoms with Crippen LogP contribution in [-0.4, -0.2) is 96.9 Å². The Balaban J connectivity index is 0.000000176. The quantitative estimate of drug-likeness (QED) is 0.139. The number of amides is 3. The lowest BCUT2D eigenvalue weighted by Crippen LogP contribution is -2.46. The number of hydrogen-bond acceptors (Lipinski definition) is 8. The first-order valence-electron chi connectivity index (χ1n) is 21.0. The van der Waals surface area contributed by atoms with Crippen LogP contribution in [0.1, 0.15) is 62.3 Å². The fourth-order valence-corrected chi connectivity index (χ4v) is 7.62. The second-order valence-electron chi connectivity index (χ2n) is 15.8. The van der Waals surface area contributed by atoms with Crippen molar-refractivity contribution in [3.05, 3.63) is 156 Å². The number of carbonyl (C=O) groups is 3. The molecule has 3 amide bonds. The van der Waals surface area contributed by atoms with Crippen LogP contribution in [0.4, 0.5) is 0 Å². The zero-order chi connectivity index (χ0) is 43.0. The Hall–Kier alpha value is -6.60. The zero-order valence-electron chi connectivity index (χ0n) is 35.5. The van der Waals surface area contributed by atoms with E-state index >= 15 is 0 Å². The van der Waals surface area contributed by atoms with E-state index in [0.29, 0.717) is 30.8 Å². The molecular weight excluding hydrogens is 793 g/mol. The third kappa shape index (κ3) is 13.7. The molecule has 0 saturated carbocycles. The van der Waals surface area contributed by atoms with E-state index in [2.05, 4.69) is 52.4 Å². The topological polar surface area (TPSA) is 145 Å². The number of nitriles is 2. The number of rotatable bonds is 8. The van der Waals surface area contributed by atoms with Crippen LogP contribution in [0.15, 0.2) is 133 Å². The number of likely N-dealkylation sites (N-methyl/N-ethyl adjacent to an activating group) is 1. The summed E-state index contributed by atoms with van der Waals surface area (Å²) in [6.45, 7) is 6.72. The molecule has 11 nitrogen and oxygen atoms in total. The molecule has 0 bridgehead atoms. The average Bonchev–Trinajstić information content (AvgIpc) is 3.97. The predicted octanol–water partition coefficient (Wildman–Crippen LogP) is 7.21. The Morgan fingerprint density at radius 1 is 0.500 bits per heavy atom. The van der Waals surface area contributed by atoms with Gasteiger partial charge in [0.2, 0.25) is 0 Å². The predicted molar refractivity (Wildman–Crippen MR) is 249 cm³/mol. The van der Waals surface area contributed by atoms with E-state index in [9.17, 15) is 14.4 Å². The second-order valence-corrected chi connectivity index (χ2v) is 15.8. The van der Waals surface area contributed by atoms with Gasteiger partial charge in [-0.3, -0.25) is 14.4 Å². The largest absolute Gasteiger partial charge is 0.348 e. The highest BCUT2D eigenvalue weighted by molar-refractivity contribution is 7.59. The summed E-state index contributed by atoms with van der Waals surface area (Å²) in [4.78, 5) is 42.1. The molecule has 8 rings (SSSR count). The molecule has 12 heteroatoms. The molecule has 3 heterocycles. The van der Waals surface area contributed by atoms with E-state index in [1.54, 1.807) is 9.80 Å². The van der Waals surface area contributed by atoms with Gasteiger partial charge in [-0.15, -0.1) is 0 Å². The van der Waals surface area contributed by atoms with E-state index in [1.165, 1.54) is 5.56 Å². The van der Waals surface area contributed by atoms with Gasteiger partial charge in [-0.05, 0) is 105 Å². The van der Waals surface area contributed by atoms with Gasteiger partial charge >= 0.3 is 0 Å². The molecule has 5 aromatic rings. The maximum absolute atomic E-state index is 12.3. The standard InChI is InChI=1S/C19H22N2O.C18H17N3O.C13H15N3O.H2S/c1-21-13-5-8-18(14-21)20-19(22)17-11-9-16(10-12-17)15-6-3-2-4-7-15;19-13-21-11-10-17(12-21)20-18(22)16-8-6-15(7-9-16)14-4-2-1-3-5-14;1-10-2-4-11(5-3-10)13(17)15-12-6-7-16(8-12)9-14;/h2-4,6-7,9-12,18H,5,8,13-14H2,1H3,(H,20,22);1-9,17H,10-12H2,(H,20,22);2-5,12H,6-8H2,1H3,(H,15,17);1H2/t;;12-;/m..1./s1. The molecule has 62 heavy (non-hydrogen) atoms. The molecule has 2 unspecified atom stereocenters. The first-order chi connectivity index (χ1) is 29.7. The monoisotopic (exact) mass is 848 g/mol. The Bertz CT molecular complexity index is 2280. The average molecular weight is 849 g/mol. The second kappa shape index (κ2) is 23.4. The lowest BCUT2D eigenvalue weighted by atomic mass is 10.0. The lowest BCUT2D eigenvalue weighted by Gasteiger charge is -2.30. The van der Waals surface area contributed by atoms with E-state index in [-0.39, 0.29) is 49.3 Å². The molecule has 3 aliphatic heterocycles. The molecule has 320 valence electrons. The molecule has 3 saturated heterocycles. The summed E-state index contributed by atoms with van der Waals surface area (Å²) >= 11 is 0. The van der Waals surface area contributed by atoms with Crippen molar-refractivity contribution < 1.29 is 14.4 Å². The van der Waals surface area contributed by atoms with Gasteiger partial charge in [0.15, 0.2) is 12.4 Å². The summed E-state index contributed by atoms with van der Waals surface area (Å²) in [6, 6.07) is 43.6. The minimum Gasteiger partial charge on any atom is -0.348 e. The molecule has 0 spiro atoms. The smallest absolute Gasteiger partial charge is 0.251 e. The van der Waals surface area contributed by atoms with Crippen molar-refractivity contribution in [3.8, 4) is 34.6 Å². The van der Waals surface area contributed by atoms with Crippen LogP contribution >= 0.6 is 13.5 Å². The highest BCUT2D eigenvalue weighted by Crippen LogP contribution is 2.21. The van der Waals surface area contributed by atoms with Crippen LogP contribution in [0, 0.1) is 29.8 Å². The molecular formula is C50H56N8O3S. The highest BCUT2D eigenvalue weighted by atomic mass is 32.1. The number of benzene rings is 5. The lowest BCUT2D eigenvalue weighted by molar-refractivity contribution is 0.0909. The first kappa shape index (κ1) is 46.5. The summed E-state index contributed by atoms with van der Waals surface area (Å²) in [5.41, 5.74) is 7.72. The fraction of sp³-hybridized carbons (Fsp3) is 0.300. The van der Waals surface area contributed by atoms with Gasteiger partial charge < -0.3 is 30.7 Å². The number of nitrogens with zero attached hydrogens (tertiary/aromatic N) is 5. The number of aryl methyl sites for hydroxylation is 1. The summed E-state index contributed by atoms with van der Waals surface area (Å²) in [6.07, 6.45) is 8.09. The van der Waals surface area contributed by atoms with Gasteiger partial charge in [0.25, 0.3) is 17.7 Å². The SMILES string of the molecule is CN1CCCC(NC(=O)c2ccc(-c3ccccc3)cc2)C1.Cc1ccc(C(=O)N[C@@H]2CCN(C#N)C2)cc1.N#CN1CCC(NC(=O)c2ccc(-c3ccccc3)cc2)C1.S. The van der Waals surface area contributed by atoms with E-state index < -0.39 is 0 Å². The third-order valence-corrected chi connectivity index (χ3v) is 11.1. The summed E-state index contributed by atoms with van der Waals surface area (Å²) < 4.78 is 0. The Morgan fingerprint density at radius 3 is 1.21 bits per heavy atom. The van der Waals surface area contributed by atoms with Crippen molar-refractivity contribution in [2.75, 3.05) is 46.3 Å². The third-order valence-electron chi connectivity index (χ3n) is 11.1. The van der Waals surface area contributed by atoms with Crippen LogP contribution in [0.5, 0.6) is 0 Å². The zero-order valence-corrected chi connectivity index (χ0v) is 36.5. The fourth-order valence-electron chi connectivity index (χ4n) is 7.62. The van der Waals surface area contributed by atoms with Gasteiger partial charge in [0.1, 0.15) is 0 Å². The molecule has 0 aliphatic carbocycles. The van der Waals surface area contributed by atoms with Gasteiger partial charge in [-0.1, -0.05) is 103 Å². The minimum absolute atomic E-state index is 0. The van der Waals surface area contributed by atoms with Crippen molar-refractivity contribution in [2.24, 2.45) is 0 Å². The minimum atomic E-state index is -0.0793. The van der Waals surface area contributed by atoms with Gasteiger partial charge in [0.05, 0.1) is 0 Å². The Labute approximate surface area is 372 Å². The maximum Gasteiger partial charge on any atom is 0.251 e. The number of likely N-dealkylation sites (tertiary alicyclic amines) is 3. The van der Waals surface area contributed by atoms with Crippen LogP contribution < -0.4 is 16.0 Å². The number of carbonyl (C=O) groups excluding carboxylic acids is 3. The Kier molecular flexibility index (Phi) is 17.5. The van der Waals surface area contributed by atoms with E-state index in [4.69, 9.17) is 10.5 Å².